The molecule has 0 heterocycles. The number of carbonyl (C=O) groups excluding carboxylic acids is 1. The van der Waals surface area contributed by atoms with Crippen LogP contribution >= 0.6 is 11.8 Å². The Bertz CT molecular complexity index is 889. The number of fused-ring (bicyclic) bond motifs is 1. The fourth-order valence-corrected chi connectivity index (χ4v) is 5.15. The maximum absolute atomic E-state index is 12.9. The Labute approximate surface area is 228 Å². The zero-order valence-electron chi connectivity index (χ0n) is 22.9. The van der Waals surface area contributed by atoms with Crippen molar-refractivity contribution in [2.45, 2.75) is 96.8 Å². The second kappa shape index (κ2) is 20.1. The largest absolute Gasteiger partial charge is 0.506 e. The van der Waals surface area contributed by atoms with E-state index in [1.165, 1.54) is 77.0 Å². The molecule has 0 saturated heterocycles. The van der Waals surface area contributed by atoms with Gasteiger partial charge in [0.25, 0.3) is 5.91 Å². The minimum atomic E-state index is -0.266. The van der Waals surface area contributed by atoms with Gasteiger partial charge < -0.3 is 20.3 Å². The number of thioether (sulfide) groups is 1. The van der Waals surface area contributed by atoms with Gasteiger partial charge in [0.1, 0.15) is 11.5 Å². The summed E-state index contributed by atoms with van der Waals surface area (Å²) in [5.41, 5.74) is 0.252. The highest BCUT2D eigenvalue weighted by Gasteiger charge is 2.17. The number of aromatic hydroxyl groups is 1. The van der Waals surface area contributed by atoms with E-state index in [0.717, 1.165) is 24.0 Å². The number of benzene rings is 2. The molecule has 0 aliphatic carbocycles. The van der Waals surface area contributed by atoms with Crippen LogP contribution in [0.25, 0.3) is 10.8 Å². The average molecular weight is 532 g/mol. The van der Waals surface area contributed by atoms with E-state index in [2.05, 4.69) is 12.2 Å². The lowest BCUT2D eigenvalue weighted by Crippen LogP contribution is -2.24. The Kier molecular flexibility index (Phi) is 17.0. The van der Waals surface area contributed by atoms with Crippen LogP contribution in [0.2, 0.25) is 0 Å². The molecular weight excluding hydrogens is 482 g/mol. The molecule has 3 N–H and O–H groups in total. The van der Waals surface area contributed by atoms with Gasteiger partial charge in [-0.2, -0.15) is 11.8 Å². The molecule has 1 amide bonds. The second-order valence-electron chi connectivity index (χ2n) is 9.85. The van der Waals surface area contributed by atoms with E-state index in [4.69, 9.17) is 9.84 Å². The lowest BCUT2D eigenvalue weighted by atomic mass is 10.0. The lowest BCUT2D eigenvalue weighted by molar-refractivity contribution is 0.0950. The smallest absolute Gasteiger partial charge is 0.255 e. The third-order valence-corrected chi connectivity index (χ3v) is 7.69. The number of rotatable bonds is 22. The summed E-state index contributed by atoms with van der Waals surface area (Å²) in [4.78, 5) is 12.9. The Hall–Kier alpha value is -1.92. The van der Waals surface area contributed by atoms with E-state index in [9.17, 15) is 9.90 Å². The van der Waals surface area contributed by atoms with Crippen molar-refractivity contribution in [2.24, 2.45) is 0 Å². The molecular formula is C31H49NO4S. The molecule has 6 heteroatoms. The van der Waals surface area contributed by atoms with Crippen molar-refractivity contribution in [1.82, 2.24) is 5.32 Å². The summed E-state index contributed by atoms with van der Waals surface area (Å²) < 4.78 is 5.95. The Balaban J connectivity index is 1.65. The van der Waals surface area contributed by atoms with E-state index in [1.54, 1.807) is 17.8 Å². The monoisotopic (exact) mass is 531 g/mol. The first-order valence-corrected chi connectivity index (χ1v) is 15.7. The highest BCUT2D eigenvalue weighted by molar-refractivity contribution is 7.99. The topological polar surface area (TPSA) is 78.8 Å². The molecule has 0 aliphatic heterocycles. The summed E-state index contributed by atoms with van der Waals surface area (Å²) in [6.07, 6.45) is 18.3. The van der Waals surface area contributed by atoms with E-state index in [1.807, 2.05) is 24.3 Å². The zero-order chi connectivity index (χ0) is 26.6. The highest BCUT2D eigenvalue weighted by atomic mass is 32.2. The maximum atomic E-state index is 12.9. The molecule has 0 atom stereocenters. The first-order valence-electron chi connectivity index (χ1n) is 14.5. The van der Waals surface area contributed by atoms with Gasteiger partial charge in [0.15, 0.2) is 0 Å². The summed E-state index contributed by atoms with van der Waals surface area (Å²) in [6.45, 7) is 3.50. The van der Waals surface area contributed by atoms with Crippen molar-refractivity contribution < 1.29 is 19.7 Å². The molecule has 2 rings (SSSR count). The molecule has 0 unspecified atom stereocenters. The van der Waals surface area contributed by atoms with Crippen molar-refractivity contribution in [1.29, 1.82) is 0 Å². The molecule has 2 aromatic rings. The molecule has 37 heavy (non-hydrogen) atoms. The van der Waals surface area contributed by atoms with Crippen LogP contribution in [-0.2, 0) is 0 Å². The van der Waals surface area contributed by atoms with Gasteiger partial charge in [-0.25, -0.2) is 0 Å². The number of phenolic OH excluding ortho intramolecular Hbond substituents is 1. The van der Waals surface area contributed by atoms with Crippen molar-refractivity contribution in [3.63, 3.8) is 0 Å². The summed E-state index contributed by atoms with van der Waals surface area (Å²) in [7, 11) is 0. The number of hydrogen-bond acceptors (Lipinski definition) is 5. The minimum absolute atomic E-state index is 0.00364. The van der Waals surface area contributed by atoms with Gasteiger partial charge in [-0.05, 0) is 12.5 Å². The van der Waals surface area contributed by atoms with Crippen LogP contribution in [0.15, 0.2) is 30.3 Å². The molecule has 0 fully saturated rings. The van der Waals surface area contributed by atoms with Crippen molar-refractivity contribution in [3.8, 4) is 11.5 Å². The summed E-state index contributed by atoms with van der Waals surface area (Å²) in [5, 5.41) is 24.1. The van der Waals surface area contributed by atoms with Crippen LogP contribution < -0.4 is 10.1 Å². The maximum Gasteiger partial charge on any atom is 0.255 e. The Morgan fingerprint density at radius 3 is 2.00 bits per heavy atom. The number of amides is 1. The third kappa shape index (κ3) is 12.4. The minimum Gasteiger partial charge on any atom is -0.506 e. The summed E-state index contributed by atoms with van der Waals surface area (Å²) in [6, 6.07) is 9.09. The summed E-state index contributed by atoms with van der Waals surface area (Å²) in [5.74, 6) is 1.75. The molecule has 0 radical (unpaired) electrons. The highest BCUT2D eigenvalue weighted by Crippen LogP contribution is 2.36. The molecule has 5 nitrogen and oxygen atoms in total. The van der Waals surface area contributed by atoms with Gasteiger partial charge >= 0.3 is 0 Å². The van der Waals surface area contributed by atoms with Gasteiger partial charge in [0, 0.05) is 28.8 Å². The number of carbonyl (C=O) groups is 1. The first-order chi connectivity index (χ1) is 18.2. The quantitative estimate of drug-likeness (QED) is 0.135. The predicted molar refractivity (Wildman–Crippen MR) is 158 cm³/mol. The number of hydrogen-bond donors (Lipinski definition) is 3. The van der Waals surface area contributed by atoms with Gasteiger partial charge in [-0.3, -0.25) is 4.79 Å². The Morgan fingerprint density at radius 2 is 1.41 bits per heavy atom. The van der Waals surface area contributed by atoms with Crippen LogP contribution in [0, 0.1) is 0 Å². The number of unbranched alkanes of at least 4 members (excludes halogenated alkanes) is 13. The van der Waals surface area contributed by atoms with Crippen molar-refractivity contribution in [2.75, 3.05) is 31.3 Å². The molecule has 208 valence electrons. The lowest BCUT2D eigenvalue weighted by Gasteiger charge is -2.14. The fraction of sp³-hybridized carbons (Fsp3) is 0.645. The molecule has 2 aromatic carbocycles. The number of ether oxygens (including phenoxy) is 1. The van der Waals surface area contributed by atoms with Crippen molar-refractivity contribution in [3.05, 3.63) is 35.9 Å². The van der Waals surface area contributed by atoms with Gasteiger partial charge in [-0.1, -0.05) is 115 Å². The third-order valence-electron chi connectivity index (χ3n) is 6.76. The van der Waals surface area contributed by atoms with Crippen LogP contribution in [-0.4, -0.2) is 47.4 Å². The van der Waals surface area contributed by atoms with Gasteiger partial charge in [-0.15, -0.1) is 0 Å². The molecule has 0 aliphatic rings. The normalized spacial score (nSPS) is 11.2. The SMILES string of the molecule is CCCCCCCCCCCCCCCCNC(=O)c1cc(OCCSCCO)c2ccccc2c1O. The second-order valence-corrected chi connectivity index (χ2v) is 11.1. The van der Waals surface area contributed by atoms with Gasteiger partial charge in [0.05, 0.1) is 18.8 Å². The van der Waals surface area contributed by atoms with Crippen molar-refractivity contribution >= 4 is 28.4 Å². The van der Waals surface area contributed by atoms with E-state index in [-0.39, 0.29) is 23.8 Å². The standard InChI is InChI=1S/C31H49NO4S/c1-2-3-4-5-6-7-8-9-10-11-12-13-14-17-20-32-31(35)28-25-29(36-22-24-37-23-21-33)26-18-15-16-19-27(26)30(28)34/h15-16,18-19,25,33-34H,2-14,17,20-24H2,1H3,(H,32,35). The Morgan fingerprint density at radius 1 is 0.838 bits per heavy atom. The molecule has 0 bridgehead atoms. The predicted octanol–water partition coefficient (Wildman–Crippen LogP) is 7.86. The van der Waals surface area contributed by atoms with E-state index in [0.29, 0.717) is 30.0 Å². The zero-order valence-corrected chi connectivity index (χ0v) is 23.8. The summed E-state index contributed by atoms with van der Waals surface area (Å²) >= 11 is 1.62. The van der Waals surface area contributed by atoms with E-state index >= 15 is 0 Å². The van der Waals surface area contributed by atoms with Gasteiger partial charge in [0.2, 0.25) is 0 Å². The van der Waals surface area contributed by atoms with Crippen LogP contribution in [0.1, 0.15) is 107 Å². The first kappa shape index (κ1) is 31.3. The number of nitrogens with one attached hydrogen (secondary N) is 1. The van der Waals surface area contributed by atoms with Crippen LogP contribution in [0.3, 0.4) is 0 Å². The number of aliphatic hydroxyl groups excluding tert-OH is 1. The number of phenols is 1. The molecule has 0 aromatic heterocycles. The number of aliphatic hydroxyl groups is 1. The van der Waals surface area contributed by atoms with E-state index < -0.39 is 0 Å². The average Bonchev–Trinajstić information content (AvgIpc) is 2.92. The molecule has 0 spiro atoms. The van der Waals surface area contributed by atoms with Crippen LogP contribution in [0.5, 0.6) is 11.5 Å². The fourth-order valence-electron chi connectivity index (χ4n) is 4.61. The molecule has 0 saturated carbocycles. The van der Waals surface area contributed by atoms with Crippen LogP contribution in [0.4, 0.5) is 0 Å².